The van der Waals surface area contributed by atoms with Crippen LogP contribution >= 0.6 is 0 Å². The average molecular weight is 339 g/mol. The van der Waals surface area contributed by atoms with E-state index in [0.717, 1.165) is 30.7 Å². The van der Waals surface area contributed by atoms with E-state index in [1.165, 1.54) is 0 Å². The van der Waals surface area contributed by atoms with Crippen LogP contribution in [-0.4, -0.2) is 40.0 Å². The number of piperidine rings is 1. The van der Waals surface area contributed by atoms with Gasteiger partial charge in [0.1, 0.15) is 5.82 Å². The molecule has 0 saturated carbocycles. The molecule has 0 bridgehead atoms. The van der Waals surface area contributed by atoms with E-state index in [2.05, 4.69) is 15.6 Å². The zero-order valence-corrected chi connectivity index (χ0v) is 13.5. The minimum atomic E-state index is -1.09. The van der Waals surface area contributed by atoms with Crippen LogP contribution in [-0.2, 0) is 13.1 Å². The van der Waals surface area contributed by atoms with Crippen LogP contribution in [0.4, 0.5) is 13.2 Å². The number of rotatable bonds is 5. The highest BCUT2D eigenvalue weighted by Gasteiger charge is 2.24. The first kappa shape index (κ1) is 16.9. The van der Waals surface area contributed by atoms with Gasteiger partial charge in [0.2, 0.25) is 0 Å². The van der Waals surface area contributed by atoms with Gasteiger partial charge in [0.25, 0.3) is 0 Å². The predicted octanol–water partition coefficient (Wildman–Crippen LogP) is 2.25. The van der Waals surface area contributed by atoms with Crippen molar-refractivity contribution in [2.24, 2.45) is 0 Å². The summed E-state index contributed by atoms with van der Waals surface area (Å²) in [6.45, 7) is 2.07. The number of halogens is 3. The number of nitrogens with one attached hydrogen (secondary N) is 1. The molecule has 0 unspecified atom stereocenters. The molecule has 0 spiro atoms. The van der Waals surface area contributed by atoms with Crippen molar-refractivity contribution < 1.29 is 13.2 Å². The van der Waals surface area contributed by atoms with Gasteiger partial charge >= 0.3 is 0 Å². The lowest BCUT2D eigenvalue weighted by molar-refractivity contribution is 0.168. The Labute approximate surface area is 138 Å². The Morgan fingerprint density at radius 2 is 1.88 bits per heavy atom. The van der Waals surface area contributed by atoms with Crippen molar-refractivity contribution in [2.45, 2.75) is 32.0 Å². The molecule has 3 rings (SSSR count). The van der Waals surface area contributed by atoms with Crippen molar-refractivity contribution in [3.8, 4) is 0 Å². The largest absolute Gasteiger partial charge is 0.314 e. The van der Waals surface area contributed by atoms with Crippen molar-refractivity contribution in [2.75, 3.05) is 20.1 Å². The summed E-state index contributed by atoms with van der Waals surface area (Å²) in [5.74, 6) is -2.81. The first-order valence-electron chi connectivity index (χ1n) is 7.98. The second-order valence-corrected chi connectivity index (χ2v) is 6.05. The van der Waals surface area contributed by atoms with E-state index in [-0.39, 0.29) is 18.2 Å². The molecule has 8 heteroatoms. The fourth-order valence-corrected chi connectivity index (χ4v) is 3.03. The van der Waals surface area contributed by atoms with E-state index in [1.54, 1.807) is 0 Å². The van der Waals surface area contributed by atoms with Gasteiger partial charge in [-0.15, -0.1) is 5.10 Å². The summed E-state index contributed by atoms with van der Waals surface area (Å²) in [7, 11) is 1.85. The predicted molar refractivity (Wildman–Crippen MR) is 82.6 cm³/mol. The SMILES string of the molecule is CNCc1cn(C2CCN(Cc3c(F)ccc(F)c3F)CC2)nn1. The lowest BCUT2D eigenvalue weighted by Gasteiger charge is -2.31. The molecule has 24 heavy (non-hydrogen) atoms. The van der Waals surface area contributed by atoms with Crippen LogP contribution < -0.4 is 5.32 Å². The molecule has 2 heterocycles. The van der Waals surface area contributed by atoms with Gasteiger partial charge < -0.3 is 5.32 Å². The standard InChI is InChI=1S/C16H20F3N5/c1-20-8-11-9-24(22-21-11)12-4-6-23(7-5-12)10-13-14(17)2-3-15(18)16(13)19/h2-3,9,12,20H,4-8,10H2,1H3. The number of benzene rings is 1. The summed E-state index contributed by atoms with van der Waals surface area (Å²) >= 11 is 0. The molecule has 1 saturated heterocycles. The molecule has 130 valence electrons. The molecule has 2 aromatic rings. The van der Waals surface area contributed by atoms with Crippen molar-refractivity contribution in [3.63, 3.8) is 0 Å². The lowest BCUT2D eigenvalue weighted by Crippen LogP contribution is -2.35. The topological polar surface area (TPSA) is 46.0 Å². The molecule has 5 nitrogen and oxygen atoms in total. The first-order valence-corrected chi connectivity index (χ1v) is 7.98. The van der Waals surface area contributed by atoms with Crippen LogP contribution in [0.2, 0.25) is 0 Å². The number of aromatic nitrogens is 3. The number of hydrogen-bond acceptors (Lipinski definition) is 4. The minimum absolute atomic E-state index is 0.0739. The van der Waals surface area contributed by atoms with Crippen molar-refractivity contribution >= 4 is 0 Å². The third kappa shape index (κ3) is 3.59. The number of likely N-dealkylation sites (tertiary alicyclic amines) is 1. The van der Waals surface area contributed by atoms with Gasteiger partial charge in [-0.3, -0.25) is 4.90 Å². The molecule has 0 atom stereocenters. The van der Waals surface area contributed by atoms with Gasteiger partial charge in [0.05, 0.1) is 17.9 Å². The fourth-order valence-electron chi connectivity index (χ4n) is 3.03. The van der Waals surface area contributed by atoms with E-state index in [4.69, 9.17) is 0 Å². The maximum absolute atomic E-state index is 13.8. The van der Waals surface area contributed by atoms with Gasteiger partial charge in [-0.25, -0.2) is 17.9 Å². The average Bonchev–Trinajstić information content (AvgIpc) is 3.05. The van der Waals surface area contributed by atoms with Gasteiger partial charge in [-0.1, -0.05) is 5.21 Å². The summed E-state index contributed by atoms with van der Waals surface area (Å²) in [5.41, 5.74) is 0.675. The van der Waals surface area contributed by atoms with E-state index >= 15 is 0 Å². The van der Waals surface area contributed by atoms with Gasteiger partial charge in [0.15, 0.2) is 11.6 Å². The molecule has 1 aliphatic rings. The Morgan fingerprint density at radius 1 is 1.17 bits per heavy atom. The molecule has 1 aromatic carbocycles. The smallest absolute Gasteiger partial charge is 0.166 e. The van der Waals surface area contributed by atoms with E-state index in [9.17, 15) is 13.2 Å². The Hall–Kier alpha value is -1.93. The Morgan fingerprint density at radius 3 is 2.58 bits per heavy atom. The summed E-state index contributed by atoms with van der Waals surface area (Å²) in [4.78, 5) is 1.93. The zero-order valence-electron chi connectivity index (χ0n) is 13.5. The Balaban J connectivity index is 1.60. The summed E-state index contributed by atoms with van der Waals surface area (Å²) in [6, 6.07) is 2.01. The second-order valence-electron chi connectivity index (χ2n) is 6.05. The lowest BCUT2D eigenvalue weighted by atomic mass is 10.0. The molecule has 0 radical (unpaired) electrons. The molecular formula is C16H20F3N5. The summed E-state index contributed by atoms with van der Waals surface area (Å²) in [5, 5.41) is 11.3. The van der Waals surface area contributed by atoms with Gasteiger partial charge in [-0.2, -0.15) is 0 Å². The Kier molecular flexibility index (Phi) is 5.15. The fraction of sp³-hybridized carbons (Fsp3) is 0.500. The molecule has 1 aliphatic heterocycles. The molecule has 0 amide bonds. The second kappa shape index (κ2) is 7.31. The number of hydrogen-bond donors (Lipinski definition) is 1. The highest BCUT2D eigenvalue weighted by molar-refractivity contribution is 5.21. The maximum Gasteiger partial charge on any atom is 0.166 e. The van der Waals surface area contributed by atoms with Crippen LogP contribution in [0.1, 0.15) is 30.1 Å². The van der Waals surface area contributed by atoms with Crippen molar-refractivity contribution in [3.05, 3.63) is 47.0 Å². The van der Waals surface area contributed by atoms with E-state index < -0.39 is 17.5 Å². The van der Waals surface area contributed by atoms with Crippen LogP contribution in [0.5, 0.6) is 0 Å². The van der Waals surface area contributed by atoms with Crippen LogP contribution in [0, 0.1) is 17.5 Å². The molecule has 0 aliphatic carbocycles. The van der Waals surface area contributed by atoms with E-state index in [0.29, 0.717) is 19.6 Å². The summed E-state index contributed by atoms with van der Waals surface area (Å²) in [6.07, 6.45) is 3.53. The third-order valence-electron chi connectivity index (χ3n) is 4.37. The molecule has 1 fully saturated rings. The normalized spacial score (nSPS) is 16.7. The molecular weight excluding hydrogens is 319 g/mol. The van der Waals surface area contributed by atoms with E-state index in [1.807, 2.05) is 22.8 Å². The monoisotopic (exact) mass is 339 g/mol. The van der Waals surface area contributed by atoms with Gasteiger partial charge in [0, 0.05) is 31.7 Å². The maximum atomic E-state index is 13.8. The van der Waals surface area contributed by atoms with Crippen LogP contribution in [0.3, 0.4) is 0 Å². The van der Waals surface area contributed by atoms with Crippen LogP contribution in [0.25, 0.3) is 0 Å². The molecule has 1 aromatic heterocycles. The van der Waals surface area contributed by atoms with Crippen molar-refractivity contribution in [1.82, 2.24) is 25.2 Å². The highest BCUT2D eigenvalue weighted by atomic mass is 19.2. The van der Waals surface area contributed by atoms with Crippen molar-refractivity contribution in [1.29, 1.82) is 0 Å². The zero-order chi connectivity index (χ0) is 17.1. The van der Waals surface area contributed by atoms with Crippen LogP contribution in [0.15, 0.2) is 18.3 Å². The highest BCUT2D eigenvalue weighted by Crippen LogP contribution is 2.25. The Bertz CT molecular complexity index is 695. The number of nitrogens with zero attached hydrogens (tertiary/aromatic N) is 4. The quantitative estimate of drug-likeness (QED) is 0.849. The third-order valence-corrected chi connectivity index (χ3v) is 4.37. The molecule has 1 N–H and O–H groups in total. The van der Waals surface area contributed by atoms with Gasteiger partial charge in [-0.05, 0) is 32.0 Å². The first-order chi connectivity index (χ1) is 11.6. The summed E-state index contributed by atoms with van der Waals surface area (Å²) < 4.78 is 42.6. The minimum Gasteiger partial charge on any atom is -0.314 e.